The second-order valence-corrected chi connectivity index (χ2v) is 8.64. The summed E-state index contributed by atoms with van der Waals surface area (Å²) in [5, 5.41) is 4.61. The molecule has 3 amide bonds. The number of amides is 3. The van der Waals surface area contributed by atoms with Crippen molar-refractivity contribution in [1.29, 1.82) is 0 Å². The number of benzene rings is 2. The van der Waals surface area contributed by atoms with Gasteiger partial charge in [-0.2, -0.15) is 0 Å². The summed E-state index contributed by atoms with van der Waals surface area (Å²) in [7, 11) is 1.48. The maximum Gasteiger partial charge on any atom is 0.290 e. The largest absolute Gasteiger partial charge is 0.493 e. The summed E-state index contributed by atoms with van der Waals surface area (Å²) in [6, 6.07) is 12.3. The van der Waals surface area contributed by atoms with Gasteiger partial charge in [-0.1, -0.05) is 32.0 Å². The molecule has 1 fully saturated rings. The fourth-order valence-electron chi connectivity index (χ4n) is 2.90. The average molecular weight is 471 g/mol. The van der Waals surface area contributed by atoms with Crippen LogP contribution in [0.25, 0.3) is 6.08 Å². The first-order chi connectivity index (χ1) is 15.9. The molecule has 1 aliphatic rings. The third-order valence-corrected chi connectivity index (χ3v) is 5.41. The molecule has 0 aromatic heterocycles. The number of carbonyl (C=O) groups excluding carboxylic acids is 3. The van der Waals surface area contributed by atoms with Gasteiger partial charge in [-0.15, -0.1) is 0 Å². The number of thioether (sulfide) groups is 1. The van der Waals surface area contributed by atoms with Crippen LogP contribution in [0.15, 0.2) is 47.4 Å². The first-order valence-corrected chi connectivity index (χ1v) is 11.2. The van der Waals surface area contributed by atoms with Crippen LogP contribution in [0.2, 0.25) is 0 Å². The Balaban J connectivity index is 1.61. The average Bonchev–Trinajstić information content (AvgIpc) is 3.10. The fourth-order valence-corrected chi connectivity index (χ4v) is 3.58. The predicted molar refractivity (Wildman–Crippen MR) is 128 cm³/mol. The van der Waals surface area contributed by atoms with Crippen LogP contribution in [0.3, 0.4) is 0 Å². The molecule has 0 unspecified atom stereocenters. The number of para-hydroxylation sites is 2. The molecule has 0 bridgehead atoms. The number of anilines is 1. The summed E-state index contributed by atoms with van der Waals surface area (Å²) in [5.41, 5.74) is 1.23. The lowest BCUT2D eigenvalue weighted by Gasteiger charge is -2.14. The Bertz CT molecular complexity index is 1070. The van der Waals surface area contributed by atoms with Gasteiger partial charge in [0.1, 0.15) is 5.75 Å². The number of imide groups is 1. The Morgan fingerprint density at radius 3 is 2.58 bits per heavy atom. The van der Waals surface area contributed by atoms with Gasteiger partial charge in [-0.05, 0) is 60.0 Å². The van der Waals surface area contributed by atoms with E-state index < -0.39 is 11.1 Å². The molecule has 8 nitrogen and oxygen atoms in total. The van der Waals surface area contributed by atoms with Crippen LogP contribution in [-0.4, -0.2) is 37.4 Å². The summed E-state index contributed by atoms with van der Waals surface area (Å²) in [6.45, 7) is 4.58. The maximum absolute atomic E-state index is 12.5. The van der Waals surface area contributed by atoms with Gasteiger partial charge in [0.15, 0.2) is 18.1 Å². The van der Waals surface area contributed by atoms with Crippen molar-refractivity contribution in [1.82, 2.24) is 5.32 Å². The van der Waals surface area contributed by atoms with Gasteiger partial charge < -0.3 is 19.5 Å². The van der Waals surface area contributed by atoms with E-state index in [1.165, 1.54) is 7.11 Å². The number of nitrogens with one attached hydrogen (secondary N) is 2. The van der Waals surface area contributed by atoms with E-state index in [1.54, 1.807) is 30.3 Å². The van der Waals surface area contributed by atoms with Gasteiger partial charge >= 0.3 is 0 Å². The highest BCUT2D eigenvalue weighted by Crippen LogP contribution is 2.31. The van der Waals surface area contributed by atoms with E-state index in [0.717, 1.165) is 18.2 Å². The van der Waals surface area contributed by atoms with Crippen molar-refractivity contribution in [3.63, 3.8) is 0 Å². The normalized spacial score (nSPS) is 14.4. The van der Waals surface area contributed by atoms with Gasteiger partial charge in [0.05, 0.1) is 24.3 Å². The van der Waals surface area contributed by atoms with Crippen LogP contribution in [0.5, 0.6) is 17.2 Å². The van der Waals surface area contributed by atoms with E-state index >= 15 is 0 Å². The molecule has 33 heavy (non-hydrogen) atoms. The summed E-state index contributed by atoms with van der Waals surface area (Å²) in [5.74, 6) is 1.11. The maximum atomic E-state index is 12.5. The van der Waals surface area contributed by atoms with Crippen molar-refractivity contribution >= 4 is 40.6 Å². The van der Waals surface area contributed by atoms with Crippen molar-refractivity contribution in [2.75, 3.05) is 25.6 Å². The highest BCUT2D eigenvalue weighted by Gasteiger charge is 2.25. The van der Waals surface area contributed by atoms with Gasteiger partial charge in [0.2, 0.25) is 0 Å². The Kier molecular flexibility index (Phi) is 8.37. The van der Waals surface area contributed by atoms with Crippen molar-refractivity contribution in [2.45, 2.75) is 20.3 Å². The highest BCUT2D eigenvalue weighted by molar-refractivity contribution is 8.18. The number of methoxy groups -OCH3 is 1. The highest BCUT2D eigenvalue weighted by atomic mass is 32.2. The summed E-state index contributed by atoms with van der Waals surface area (Å²) < 4.78 is 16.8. The zero-order valence-electron chi connectivity index (χ0n) is 18.7. The predicted octanol–water partition coefficient (Wildman–Crippen LogP) is 4.46. The fraction of sp³-hybridized carbons (Fsp3) is 0.292. The summed E-state index contributed by atoms with van der Waals surface area (Å²) in [6.07, 6.45) is 2.50. The Morgan fingerprint density at radius 2 is 1.88 bits per heavy atom. The second-order valence-electron chi connectivity index (χ2n) is 7.63. The molecule has 1 aliphatic heterocycles. The molecule has 0 atom stereocenters. The van der Waals surface area contributed by atoms with Crippen LogP contribution < -0.4 is 24.8 Å². The Hall–Kier alpha value is -3.46. The van der Waals surface area contributed by atoms with Gasteiger partial charge in [-0.3, -0.25) is 19.7 Å². The minimum Gasteiger partial charge on any atom is -0.493 e. The van der Waals surface area contributed by atoms with E-state index in [1.807, 2.05) is 18.2 Å². The van der Waals surface area contributed by atoms with Crippen LogP contribution in [0.4, 0.5) is 10.5 Å². The topological polar surface area (TPSA) is 103 Å². The monoisotopic (exact) mass is 470 g/mol. The molecule has 0 aliphatic carbocycles. The van der Waals surface area contributed by atoms with Crippen molar-refractivity contribution in [3.8, 4) is 17.2 Å². The van der Waals surface area contributed by atoms with Gasteiger partial charge in [0.25, 0.3) is 17.1 Å². The molecule has 2 N–H and O–H groups in total. The summed E-state index contributed by atoms with van der Waals surface area (Å²) >= 11 is 0.835. The standard InChI is InChI=1S/C24H26N2O6S/c1-15(2)10-11-31-18-7-5-4-6-17(18)25-22(27)14-32-19-9-8-16(12-20(19)30-3)13-21-23(28)26-24(29)33-21/h4-9,12-13,15H,10-11,14H2,1-3H3,(H,25,27)(H,26,28,29). The molecule has 9 heteroatoms. The number of carbonyl (C=O) groups is 3. The molecular formula is C24H26N2O6S. The molecule has 1 saturated heterocycles. The number of ether oxygens (including phenoxy) is 3. The zero-order chi connectivity index (χ0) is 23.8. The lowest BCUT2D eigenvalue weighted by molar-refractivity contribution is -0.118. The lowest BCUT2D eigenvalue weighted by atomic mass is 10.1. The second kappa shape index (κ2) is 11.4. The van der Waals surface area contributed by atoms with Crippen LogP contribution >= 0.6 is 11.8 Å². The van der Waals surface area contributed by atoms with Crippen LogP contribution in [-0.2, 0) is 9.59 Å². The summed E-state index contributed by atoms with van der Waals surface area (Å²) in [4.78, 5) is 35.8. The van der Waals surface area contributed by atoms with Crippen molar-refractivity contribution < 1.29 is 28.6 Å². The van der Waals surface area contributed by atoms with Crippen molar-refractivity contribution in [2.24, 2.45) is 5.92 Å². The quantitative estimate of drug-likeness (QED) is 0.494. The van der Waals surface area contributed by atoms with Gasteiger partial charge in [0, 0.05) is 0 Å². The van der Waals surface area contributed by atoms with E-state index in [0.29, 0.717) is 45.9 Å². The molecule has 3 rings (SSSR count). The smallest absolute Gasteiger partial charge is 0.290 e. The number of rotatable bonds is 10. The molecule has 0 radical (unpaired) electrons. The molecule has 2 aromatic rings. The molecule has 0 spiro atoms. The Labute approximate surface area is 196 Å². The van der Waals surface area contributed by atoms with Crippen LogP contribution in [0.1, 0.15) is 25.8 Å². The lowest BCUT2D eigenvalue weighted by Crippen LogP contribution is -2.21. The molecule has 2 aromatic carbocycles. The third kappa shape index (κ3) is 7.01. The molecular weight excluding hydrogens is 444 g/mol. The first kappa shape index (κ1) is 24.2. The molecule has 0 saturated carbocycles. The molecule has 174 valence electrons. The van der Waals surface area contributed by atoms with Crippen LogP contribution in [0, 0.1) is 5.92 Å². The third-order valence-electron chi connectivity index (χ3n) is 4.60. The number of hydrogen-bond acceptors (Lipinski definition) is 7. The SMILES string of the molecule is COc1cc(C=C2SC(=O)NC2=O)ccc1OCC(=O)Nc1ccccc1OCCC(C)C. The zero-order valence-corrected chi connectivity index (χ0v) is 19.5. The minimum atomic E-state index is -0.436. The first-order valence-electron chi connectivity index (χ1n) is 10.4. The van der Waals surface area contributed by atoms with E-state index in [4.69, 9.17) is 14.2 Å². The minimum absolute atomic E-state index is 0.232. The van der Waals surface area contributed by atoms with E-state index in [9.17, 15) is 14.4 Å². The molecule has 1 heterocycles. The number of hydrogen-bond donors (Lipinski definition) is 2. The van der Waals surface area contributed by atoms with Gasteiger partial charge in [-0.25, -0.2) is 0 Å². The Morgan fingerprint density at radius 1 is 1.09 bits per heavy atom. The van der Waals surface area contributed by atoms with Crippen molar-refractivity contribution in [3.05, 3.63) is 52.9 Å². The van der Waals surface area contributed by atoms with E-state index in [2.05, 4.69) is 24.5 Å². The van der Waals surface area contributed by atoms with E-state index in [-0.39, 0.29) is 12.5 Å².